The molecule has 1 aliphatic heterocycles. The van der Waals surface area contributed by atoms with Gasteiger partial charge in [-0.3, -0.25) is 0 Å². The van der Waals surface area contributed by atoms with Gasteiger partial charge in [-0.15, -0.1) is 0 Å². The van der Waals surface area contributed by atoms with E-state index in [0.717, 1.165) is 45.1 Å². The van der Waals surface area contributed by atoms with Crippen molar-refractivity contribution < 1.29 is 14.6 Å². The van der Waals surface area contributed by atoms with Crippen LogP contribution in [0.3, 0.4) is 0 Å². The Labute approximate surface area is 116 Å². The lowest BCUT2D eigenvalue weighted by molar-refractivity contribution is -0.0552. The van der Waals surface area contributed by atoms with E-state index >= 15 is 0 Å². The second-order valence-electron chi connectivity index (χ2n) is 6.42. The van der Waals surface area contributed by atoms with Crippen molar-refractivity contribution in [2.45, 2.75) is 76.2 Å². The minimum Gasteiger partial charge on any atom is -0.394 e. The van der Waals surface area contributed by atoms with Crippen molar-refractivity contribution in [1.82, 2.24) is 5.32 Å². The maximum Gasteiger partial charge on any atom is 0.0809 e. The van der Waals surface area contributed by atoms with Crippen LogP contribution in [-0.4, -0.2) is 48.7 Å². The van der Waals surface area contributed by atoms with Crippen LogP contribution >= 0.6 is 0 Å². The fraction of sp³-hybridized carbons (Fsp3) is 1.00. The molecule has 2 rings (SSSR count). The van der Waals surface area contributed by atoms with Crippen LogP contribution in [0.25, 0.3) is 0 Å². The van der Waals surface area contributed by atoms with Crippen LogP contribution in [0.15, 0.2) is 0 Å². The van der Waals surface area contributed by atoms with Crippen molar-refractivity contribution in [3.8, 4) is 0 Å². The molecular formula is C15H29NO3. The average molecular weight is 271 g/mol. The fourth-order valence-electron chi connectivity index (χ4n) is 3.40. The molecule has 1 heterocycles. The van der Waals surface area contributed by atoms with Gasteiger partial charge >= 0.3 is 0 Å². The van der Waals surface area contributed by atoms with Gasteiger partial charge in [0, 0.05) is 18.2 Å². The molecule has 0 amide bonds. The molecule has 0 radical (unpaired) electrons. The van der Waals surface area contributed by atoms with E-state index in [-0.39, 0.29) is 18.2 Å². The van der Waals surface area contributed by atoms with Crippen LogP contribution in [0.4, 0.5) is 0 Å². The molecule has 3 unspecified atom stereocenters. The summed E-state index contributed by atoms with van der Waals surface area (Å²) in [5.74, 6) is 0. The highest BCUT2D eigenvalue weighted by Gasteiger charge is 2.36. The Kier molecular flexibility index (Phi) is 5.63. The molecule has 1 saturated heterocycles. The summed E-state index contributed by atoms with van der Waals surface area (Å²) in [6, 6.07) is 0.393. The van der Waals surface area contributed by atoms with E-state index in [0.29, 0.717) is 18.8 Å². The molecule has 4 heteroatoms. The quantitative estimate of drug-likeness (QED) is 0.774. The van der Waals surface area contributed by atoms with Crippen molar-refractivity contribution in [3.05, 3.63) is 0 Å². The van der Waals surface area contributed by atoms with Gasteiger partial charge in [-0.25, -0.2) is 0 Å². The molecule has 0 spiro atoms. The second kappa shape index (κ2) is 7.02. The monoisotopic (exact) mass is 271 g/mol. The number of aliphatic hydroxyl groups is 1. The van der Waals surface area contributed by atoms with Crippen molar-refractivity contribution in [1.29, 1.82) is 0 Å². The van der Waals surface area contributed by atoms with Crippen LogP contribution in [-0.2, 0) is 9.47 Å². The maximum absolute atomic E-state index is 9.75. The largest absolute Gasteiger partial charge is 0.394 e. The van der Waals surface area contributed by atoms with Gasteiger partial charge in [0.2, 0.25) is 0 Å². The number of hydrogen-bond acceptors (Lipinski definition) is 4. The number of rotatable bonds is 6. The van der Waals surface area contributed by atoms with Crippen LogP contribution < -0.4 is 5.32 Å². The fourth-order valence-corrected chi connectivity index (χ4v) is 3.40. The first-order valence-electron chi connectivity index (χ1n) is 7.75. The molecule has 2 aliphatic rings. The topological polar surface area (TPSA) is 50.7 Å². The summed E-state index contributed by atoms with van der Waals surface area (Å²) in [6.45, 7) is 6.06. The predicted octanol–water partition coefficient (Wildman–Crippen LogP) is 1.85. The van der Waals surface area contributed by atoms with Crippen molar-refractivity contribution in [3.63, 3.8) is 0 Å². The van der Waals surface area contributed by atoms with Gasteiger partial charge in [0.25, 0.3) is 0 Å². The van der Waals surface area contributed by atoms with Gasteiger partial charge in [0.15, 0.2) is 0 Å². The molecule has 1 saturated carbocycles. The van der Waals surface area contributed by atoms with E-state index in [4.69, 9.17) is 9.47 Å². The number of hydrogen-bond donors (Lipinski definition) is 2. The highest BCUT2D eigenvalue weighted by molar-refractivity contribution is 4.95. The molecule has 2 N–H and O–H groups in total. The Balaban J connectivity index is 1.81. The molecule has 0 aromatic rings. The van der Waals surface area contributed by atoms with E-state index in [2.05, 4.69) is 19.2 Å². The third kappa shape index (κ3) is 4.42. The molecule has 0 bridgehead atoms. The zero-order valence-electron chi connectivity index (χ0n) is 12.4. The Morgan fingerprint density at radius 2 is 2.21 bits per heavy atom. The number of nitrogens with one attached hydrogen (secondary N) is 1. The summed E-state index contributed by atoms with van der Waals surface area (Å²) in [6.07, 6.45) is 7.02. The smallest absolute Gasteiger partial charge is 0.0809 e. The summed E-state index contributed by atoms with van der Waals surface area (Å²) in [4.78, 5) is 0. The summed E-state index contributed by atoms with van der Waals surface area (Å²) >= 11 is 0. The first kappa shape index (κ1) is 15.2. The van der Waals surface area contributed by atoms with Crippen LogP contribution in [0.1, 0.15) is 52.4 Å². The first-order valence-corrected chi connectivity index (χ1v) is 7.75. The highest BCUT2D eigenvalue weighted by atomic mass is 16.5. The minimum absolute atomic E-state index is 0.145. The van der Waals surface area contributed by atoms with Crippen molar-refractivity contribution in [2.75, 3.05) is 19.8 Å². The SMILES string of the molecule is CC(C)NC1(CO)CCCC(OCC2CCCO2)C1. The van der Waals surface area contributed by atoms with E-state index < -0.39 is 0 Å². The standard InChI is InChI=1S/C15H29NO3/c1-12(2)16-15(11-17)7-3-5-13(9-15)19-10-14-6-4-8-18-14/h12-14,16-17H,3-11H2,1-2H3. The Bertz CT molecular complexity index is 266. The van der Waals surface area contributed by atoms with Crippen LogP contribution in [0, 0.1) is 0 Å². The van der Waals surface area contributed by atoms with Gasteiger partial charge in [0.05, 0.1) is 25.4 Å². The van der Waals surface area contributed by atoms with Gasteiger partial charge in [0.1, 0.15) is 0 Å². The summed E-state index contributed by atoms with van der Waals surface area (Å²) in [5, 5.41) is 13.3. The maximum atomic E-state index is 9.75. The van der Waals surface area contributed by atoms with E-state index in [1.165, 1.54) is 0 Å². The molecule has 19 heavy (non-hydrogen) atoms. The minimum atomic E-state index is -0.145. The second-order valence-corrected chi connectivity index (χ2v) is 6.42. The average Bonchev–Trinajstić information content (AvgIpc) is 2.89. The zero-order chi connectivity index (χ0) is 13.7. The van der Waals surface area contributed by atoms with Gasteiger partial charge in [-0.05, 0) is 38.5 Å². The predicted molar refractivity (Wildman–Crippen MR) is 75.3 cm³/mol. The van der Waals surface area contributed by atoms with Crippen LogP contribution in [0.5, 0.6) is 0 Å². The third-order valence-electron chi connectivity index (χ3n) is 4.24. The lowest BCUT2D eigenvalue weighted by Gasteiger charge is -2.41. The highest BCUT2D eigenvalue weighted by Crippen LogP contribution is 2.31. The molecule has 0 aromatic carbocycles. The lowest BCUT2D eigenvalue weighted by Crippen LogP contribution is -2.55. The zero-order valence-corrected chi connectivity index (χ0v) is 12.4. The Hall–Kier alpha value is -0.160. The van der Waals surface area contributed by atoms with E-state index in [9.17, 15) is 5.11 Å². The Morgan fingerprint density at radius 1 is 1.37 bits per heavy atom. The Morgan fingerprint density at radius 3 is 2.84 bits per heavy atom. The molecule has 0 aromatic heterocycles. The molecule has 112 valence electrons. The molecular weight excluding hydrogens is 242 g/mol. The molecule has 3 atom stereocenters. The van der Waals surface area contributed by atoms with E-state index in [1.807, 2.05) is 0 Å². The summed E-state index contributed by atoms with van der Waals surface area (Å²) in [5.41, 5.74) is -0.145. The van der Waals surface area contributed by atoms with Gasteiger partial charge < -0.3 is 19.9 Å². The van der Waals surface area contributed by atoms with E-state index in [1.54, 1.807) is 0 Å². The molecule has 2 fully saturated rings. The van der Waals surface area contributed by atoms with Gasteiger partial charge in [-0.2, -0.15) is 0 Å². The number of ether oxygens (including phenoxy) is 2. The number of aliphatic hydroxyl groups excluding tert-OH is 1. The summed E-state index contributed by atoms with van der Waals surface area (Å²) in [7, 11) is 0. The normalized spacial score (nSPS) is 36.0. The summed E-state index contributed by atoms with van der Waals surface area (Å²) < 4.78 is 11.6. The molecule has 1 aliphatic carbocycles. The lowest BCUT2D eigenvalue weighted by atomic mass is 9.80. The molecule has 4 nitrogen and oxygen atoms in total. The van der Waals surface area contributed by atoms with Gasteiger partial charge in [-0.1, -0.05) is 13.8 Å². The van der Waals surface area contributed by atoms with Crippen molar-refractivity contribution >= 4 is 0 Å². The van der Waals surface area contributed by atoms with Crippen molar-refractivity contribution in [2.24, 2.45) is 0 Å². The first-order chi connectivity index (χ1) is 9.13. The third-order valence-corrected chi connectivity index (χ3v) is 4.24. The van der Waals surface area contributed by atoms with Crippen LogP contribution in [0.2, 0.25) is 0 Å².